The van der Waals surface area contributed by atoms with Crippen molar-refractivity contribution in [3.8, 4) is 0 Å². The largest absolute Gasteiger partial charge is 0.350 e. The highest BCUT2D eigenvalue weighted by Crippen LogP contribution is 2.29. The SMILES string of the molecule is NSN(C(N)=O)C(=O)C(CN1Cc2ccc(F)cc2C1=O)c1ccc(Br)cc1. The number of carbonyl (C=O) groups excluding carboxylic acids is 3. The summed E-state index contributed by atoms with van der Waals surface area (Å²) in [6.45, 7) is 0.223. The summed E-state index contributed by atoms with van der Waals surface area (Å²) >= 11 is 3.74. The van der Waals surface area contributed by atoms with Gasteiger partial charge in [0, 0.05) is 35.3 Å². The Labute approximate surface area is 173 Å². The van der Waals surface area contributed by atoms with Crippen LogP contribution in [0.1, 0.15) is 27.4 Å². The second kappa shape index (κ2) is 8.29. The van der Waals surface area contributed by atoms with Crippen molar-refractivity contribution in [2.45, 2.75) is 12.5 Å². The van der Waals surface area contributed by atoms with Gasteiger partial charge in [0.15, 0.2) is 0 Å². The van der Waals surface area contributed by atoms with E-state index in [4.69, 9.17) is 10.9 Å². The second-order valence-corrected chi connectivity index (χ2v) is 7.66. The number of primary amides is 1. The van der Waals surface area contributed by atoms with Gasteiger partial charge in [-0.25, -0.2) is 9.18 Å². The zero-order chi connectivity index (χ0) is 20.4. The molecule has 10 heteroatoms. The van der Waals surface area contributed by atoms with Gasteiger partial charge in [0.05, 0.1) is 5.92 Å². The average molecular weight is 467 g/mol. The zero-order valence-corrected chi connectivity index (χ0v) is 16.9. The molecule has 0 aromatic heterocycles. The van der Waals surface area contributed by atoms with Crippen LogP contribution in [0.5, 0.6) is 0 Å². The second-order valence-electron chi connectivity index (χ2n) is 6.17. The zero-order valence-electron chi connectivity index (χ0n) is 14.5. The summed E-state index contributed by atoms with van der Waals surface area (Å²) in [7, 11) is 0. The summed E-state index contributed by atoms with van der Waals surface area (Å²) in [6.07, 6.45) is 0. The Kier molecular flexibility index (Phi) is 6.01. The first kappa shape index (κ1) is 20.3. The maximum Gasteiger partial charge on any atom is 0.332 e. The lowest BCUT2D eigenvalue weighted by molar-refractivity contribution is -0.126. The third-order valence-corrected chi connectivity index (χ3v) is 5.53. The van der Waals surface area contributed by atoms with E-state index >= 15 is 0 Å². The smallest absolute Gasteiger partial charge is 0.332 e. The molecule has 4 amide bonds. The van der Waals surface area contributed by atoms with Gasteiger partial charge in [0.25, 0.3) is 11.8 Å². The number of urea groups is 1. The Morgan fingerprint density at radius 2 is 1.93 bits per heavy atom. The molecular weight excluding hydrogens is 451 g/mol. The number of benzene rings is 2. The van der Waals surface area contributed by atoms with Crippen LogP contribution in [0.25, 0.3) is 0 Å². The molecule has 1 aliphatic heterocycles. The lowest BCUT2D eigenvalue weighted by atomic mass is 9.97. The molecule has 2 aromatic carbocycles. The fraction of sp³-hybridized carbons (Fsp3) is 0.167. The lowest BCUT2D eigenvalue weighted by Gasteiger charge is -2.26. The molecule has 146 valence electrons. The van der Waals surface area contributed by atoms with Crippen molar-refractivity contribution in [3.63, 3.8) is 0 Å². The quantitative estimate of drug-likeness (QED) is 0.658. The molecule has 0 aliphatic carbocycles. The maximum atomic E-state index is 13.5. The monoisotopic (exact) mass is 466 g/mol. The molecule has 0 saturated carbocycles. The number of hydrogen-bond donors (Lipinski definition) is 2. The van der Waals surface area contributed by atoms with Crippen LogP contribution in [0.4, 0.5) is 9.18 Å². The highest BCUT2D eigenvalue weighted by molar-refractivity contribution is 9.10. The molecule has 0 saturated heterocycles. The first-order chi connectivity index (χ1) is 13.3. The normalized spacial score (nSPS) is 14.0. The van der Waals surface area contributed by atoms with E-state index in [1.165, 1.54) is 17.0 Å². The minimum atomic E-state index is -1.00. The van der Waals surface area contributed by atoms with Crippen molar-refractivity contribution in [1.82, 2.24) is 9.21 Å². The number of amides is 4. The molecule has 7 nitrogen and oxygen atoms in total. The number of carbonyl (C=O) groups is 3. The Morgan fingerprint density at radius 1 is 1.25 bits per heavy atom. The average Bonchev–Trinajstić information content (AvgIpc) is 2.96. The molecule has 3 rings (SSSR count). The van der Waals surface area contributed by atoms with Crippen LogP contribution in [0.15, 0.2) is 46.9 Å². The van der Waals surface area contributed by atoms with Crippen molar-refractivity contribution < 1.29 is 18.8 Å². The van der Waals surface area contributed by atoms with Gasteiger partial charge in [-0.15, -0.1) is 0 Å². The predicted molar refractivity (Wildman–Crippen MR) is 106 cm³/mol. The number of rotatable bonds is 5. The van der Waals surface area contributed by atoms with Gasteiger partial charge in [-0.3, -0.25) is 14.7 Å². The van der Waals surface area contributed by atoms with Gasteiger partial charge < -0.3 is 10.6 Å². The van der Waals surface area contributed by atoms with Crippen molar-refractivity contribution in [2.24, 2.45) is 10.9 Å². The third-order valence-electron chi connectivity index (χ3n) is 4.43. The first-order valence-electron chi connectivity index (χ1n) is 8.15. The van der Waals surface area contributed by atoms with E-state index in [2.05, 4.69) is 15.9 Å². The minimum Gasteiger partial charge on any atom is -0.350 e. The third kappa shape index (κ3) is 4.03. The number of imide groups is 1. The van der Waals surface area contributed by atoms with E-state index in [0.717, 1.165) is 4.47 Å². The summed E-state index contributed by atoms with van der Waals surface area (Å²) in [4.78, 5) is 38.6. The maximum absolute atomic E-state index is 13.5. The molecule has 1 atom stereocenters. The van der Waals surface area contributed by atoms with E-state index in [1.54, 1.807) is 30.3 Å². The number of hydrogen-bond acceptors (Lipinski definition) is 5. The number of fused-ring (bicyclic) bond motifs is 1. The Bertz CT molecular complexity index is 941. The highest BCUT2D eigenvalue weighted by Gasteiger charge is 2.35. The molecule has 4 N–H and O–H groups in total. The molecule has 0 radical (unpaired) electrons. The molecule has 2 aromatic rings. The first-order valence-corrected chi connectivity index (χ1v) is 9.78. The Hall–Kier alpha value is -2.43. The van der Waals surface area contributed by atoms with E-state index in [9.17, 15) is 18.8 Å². The van der Waals surface area contributed by atoms with Crippen LogP contribution < -0.4 is 10.9 Å². The number of nitrogens with zero attached hydrogens (tertiary/aromatic N) is 2. The van der Waals surface area contributed by atoms with E-state index < -0.39 is 23.7 Å². The van der Waals surface area contributed by atoms with Crippen molar-refractivity contribution in [1.29, 1.82) is 0 Å². The molecule has 28 heavy (non-hydrogen) atoms. The van der Waals surface area contributed by atoms with Crippen molar-refractivity contribution in [2.75, 3.05) is 6.54 Å². The Morgan fingerprint density at radius 3 is 2.54 bits per heavy atom. The van der Waals surface area contributed by atoms with Crippen molar-refractivity contribution >= 4 is 45.9 Å². The van der Waals surface area contributed by atoms with Crippen LogP contribution in [-0.4, -0.2) is 33.6 Å². The van der Waals surface area contributed by atoms with Gasteiger partial charge in [0.1, 0.15) is 5.82 Å². The van der Waals surface area contributed by atoms with E-state index in [1.807, 2.05) is 0 Å². The van der Waals surface area contributed by atoms with Gasteiger partial charge in [-0.1, -0.05) is 34.1 Å². The molecule has 0 bridgehead atoms. The summed E-state index contributed by atoms with van der Waals surface area (Å²) in [5, 5.41) is 5.43. The van der Waals surface area contributed by atoms with Crippen LogP contribution in [-0.2, 0) is 11.3 Å². The van der Waals surface area contributed by atoms with Crippen LogP contribution in [0, 0.1) is 5.82 Å². The lowest BCUT2D eigenvalue weighted by Crippen LogP contribution is -2.43. The van der Waals surface area contributed by atoms with Crippen molar-refractivity contribution in [3.05, 3.63) is 69.4 Å². The molecule has 1 unspecified atom stereocenters. The standard InChI is InChI=1S/C18H16BrFN4O3S/c19-12-4-1-10(2-5-12)15(17(26)24(28-22)18(21)27)9-23-8-11-3-6-13(20)7-14(11)16(23)25/h1-7,15H,8-9,22H2,(H2,21,27). The van der Waals surface area contributed by atoms with Crippen LogP contribution >= 0.6 is 28.1 Å². The van der Waals surface area contributed by atoms with Gasteiger partial charge in [-0.2, -0.15) is 4.31 Å². The molecule has 0 spiro atoms. The van der Waals surface area contributed by atoms with Gasteiger partial charge >= 0.3 is 6.03 Å². The molecule has 1 heterocycles. The molecular formula is C18H16BrFN4O3S. The van der Waals surface area contributed by atoms with Gasteiger partial charge in [0.2, 0.25) is 0 Å². The van der Waals surface area contributed by atoms with E-state index in [0.29, 0.717) is 27.6 Å². The summed E-state index contributed by atoms with van der Waals surface area (Å²) in [5.41, 5.74) is 6.77. The van der Waals surface area contributed by atoms with Crippen LogP contribution in [0.2, 0.25) is 0 Å². The highest BCUT2D eigenvalue weighted by atomic mass is 79.9. The molecule has 1 aliphatic rings. The summed E-state index contributed by atoms with van der Waals surface area (Å²) < 4.78 is 15.0. The Balaban J connectivity index is 1.92. The number of nitrogens with two attached hydrogens (primary N) is 2. The van der Waals surface area contributed by atoms with Gasteiger partial charge in [-0.05, 0) is 35.4 Å². The number of halogens is 2. The fourth-order valence-electron chi connectivity index (χ4n) is 3.08. The van der Waals surface area contributed by atoms with E-state index in [-0.39, 0.29) is 24.6 Å². The topological polar surface area (TPSA) is 110 Å². The summed E-state index contributed by atoms with van der Waals surface area (Å²) in [6, 6.07) is 9.92. The predicted octanol–water partition coefficient (Wildman–Crippen LogP) is 2.76. The molecule has 0 fully saturated rings. The van der Waals surface area contributed by atoms with Crippen LogP contribution in [0.3, 0.4) is 0 Å². The summed E-state index contributed by atoms with van der Waals surface area (Å²) in [5.74, 6) is -2.40. The fourth-order valence-corrected chi connectivity index (χ4v) is 3.68. The minimum absolute atomic E-state index is 0.0140.